The lowest BCUT2D eigenvalue weighted by molar-refractivity contribution is -0.115. The Morgan fingerprint density at radius 1 is 1.04 bits per heavy atom. The standard InChI is InChI=1S/C18H16FN3O2/c1-12-2-4-13(5-3-12)10-16(23)20-18-22-21-17(24-18)11-14-6-8-15(19)9-7-14/h2-9H,10-11H2,1H3,(H,20,22,23). The van der Waals surface area contributed by atoms with Gasteiger partial charge in [0.1, 0.15) is 5.82 Å². The first-order valence-corrected chi connectivity index (χ1v) is 7.51. The molecule has 1 heterocycles. The van der Waals surface area contributed by atoms with Crippen LogP contribution in [-0.4, -0.2) is 16.1 Å². The SMILES string of the molecule is Cc1ccc(CC(=O)Nc2nnc(Cc3ccc(F)cc3)o2)cc1. The van der Waals surface area contributed by atoms with Gasteiger partial charge in [-0.3, -0.25) is 10.1 Å². The van der Waals surface area contributed by atoms with E-state index in [0.29, 0.717) is 12.3 Å². The number of aromatic nitrogens is 2. The summed E-state index contributed by atoms with van der Waals surface area (Å²) >= 11 is 0. The minimum atomic E-state index is -0.298. The van der Waals surface area contributed by atoms with E-state index in [1.807, 2.05) is 31.2 Å². The topological polar surface area (TPSA) is 68.0 Å². The van der Waals surface area contributed by atoms with Gasteiger partial charge in [-0.15, -0.1) is 5.10 Å². The third-order valence-electron chi connectivity index (χ3n) is 3.47. The van der Waals surface area contributed by atoms with Gasteiger partial charge in [-0.2, -0.15) is 0 Å². The summed E-state index contributed by atoms with van der Waals surface area (Å²) in [6.45, 7) is 1.99. The molecule has 0 aliphatic carbocycles. The van der Waals surface area contributed by atoms with Crippen LogP contribution in [-0.2, 0) is 17.6 Å². The van der Waals surface area contributed by atoms with Crippen LogP contribution in [0.25, 0.3) is 0 Å². The van der Waals surface area contributed by atoms with Crippen molar-refractivity contribution < 1.29 is 13.6 Å². The largest absolute Gasteiger partial charge is 0.407 e. The Morgan fingerprint density at radius 2 is 1.71 bits per heavy atom. The van der Waals surface area contributed by atoms with Crippen LogP contribution >= 0.6 is 0 Å². The van der Waals surface area contributed by atoms with E-state index in [0.717, 1.165) is 16.7 Å². The molecule has 122 valence electrons. The lowest BCUT2D eigenvalue weighted by Crippen LogP contribution is -2.14. The van der Waals surface area contributed by atoms with Crippen molar-refractivity contribution in [2.24, 2.45) is 0 Å². The highest BCUT2D eigenvalue weighted by atomic mass is 19.1. The van der Waals surface area contributed by atoms with Crippen molar-refractivity contribution in [3.8, 4) is 0 Å². The van der Waals surface area contributed by atoms with Crippen LogP contribution in [0.1, 0.15) is 22.6 Å². The lowest BCUT2D eigenvalue weighted by Gasteiger charge is -2.01. The summed E-state index contributed by atoms with van der Waals surface area (Å²) in [5.74, 6) is -0.170. The number of benzene rings is 2. The maximum atomic E-state index is 12.9. The second kappa shape index (κ2) is 7.04. The molecular formula is C18H16FN3O2. The van der Waals surface area contributed by atoms with Crippen molar-refractivity contribution in [1.82, 2.24) is 10.2 Å². The van der Waals surface area contributed by atoms with E-state index in [-0.39, 0.29) is 24.2 Å². The van der Waals surface area contributed by atoms with Crippen molar-refractivity contribution in [2.75, 3.05) is 5.32 Å². The van der Waals surface area contributed by atoms with E-state index >= 15 is 0 Å². The first-order chi connectivity index (χ1) is 11.6. The first kappa shape index (κ1) is 15.9. The Morgan fingerprint density at radius 3 is 2.42 bits per heavy atom. The second-order valence-corrected chi connectivity index (χ2v) is 5.51. The van der Waals surface area contributed by atoms with E-state index in [9.17, 15) is 9.18 Å². The van der Waals surface area contributed by atoms with Crippen LogP contribution in [0, 0.1) is 12.7 Å². The van der Waals surface area contributed by atoms with Gasteiger partial charge in [0, 0.05) is 0 Å². The predicted molar refractivity (Wildman–Crippen MR) is 87.0 cm³/mol. The Labute approximate surface area is 138 Å². The predicted octanol–water partition coefficient (Wildman–Crippen LogP) is 3.29. The Balaban J connectivity index is 1.58. The third kappa shape index (κ3) is 4.25. The van der Waals surface area contributed by atoms with Crippen LogP contribution < -0.4 is 5.32 Å². The number of hydrogen-bond donors (Lipinski definition) is 1. The number of nitrogens with zero attached hydrogens (tertiary/aromatic N) is 2. The van der Waals surface area contributed by atoms with E-state index in [2.05, 4.69) is 15.5 Å². The van der Waals surface area contributed by atoms with Crippen molar-refractivity contribution in [2.45, 2.75) is 19.8 Å². The number of anilines is 1. The van der Waals surface area contributed by atoms with Gasteiger partial charge in [0.2, 0.25) is 11.8 Å². The molecule has 24 heavy (non-hydrogen) atoms. The van der Waals surface area contributed by atoms with Gasteiger partial charge in [0.15, 0.2) is 0 Å². The van der Waals surface area contributed by atoms with Gasteiger partial charge in [0.25, 0.3) is 0 Å². The lowest BCUT2D eigenvalue weighted by atomic mass is 10.1. The fourth-order valence-corrected chi connectivity index (χ4v) is 2.21. The van der Waals surface area contributed by atoms with Crippen molar-refractivity contribution in [1.29, 1.82) is 0 Å². The molecular weight excluding hydrogens is 309 g/mol. The van der Waals surface area contributed by atoms with E-state index < -0.39 is 0 Å². The highest BCUT2D eigenvalue weighted by molar-refractivity contribution is 5.90. The number of aryl methyl sites for hydroxylation is 1. The summed E-state index contributed by atoms with van der Waals surface area (Å²) in [5, 5.41) is 10.3. The molecule has 6 heteroatoms. The molecule has 1 aromatic heterocycles. The molecule has 0 saturated carbocycles. The van der Waals surface area contributed by atoms with Crippen LogP contribution in [0.4, 0.5) is 10.4 Å². The number of amides is 1. The molecule has 0 atom stereocenters. The highest BCUT2D eigenvalue weighted by Gasteiger charge is 2.11. The summed E-state index contributed by atoms with van der Waals surface area (Å²) < 4.78 is 18.3. The Kier molecular flexibility index (Phi) is 4.65. The molecule has 0 saturated heterocycles. The molecule has 1 amide bonds. The van der Waals surface area contributed by atoms with Crippen LogP contribution in [0.15, 0.2) is 52.9 Å². The normalized spacial score (nSPS) is 10.6. The van der Waals surface area contributed by atoms with E-state index in [1.165, 1.54) is 12.1 Å². The first-order valence-electron chi connectivity index (χ1n) is 7.51. The number of carbonyl (C=O) groups excluding carboxylic acids is 1. The zero-order valence-corrected chi connectivity index (χ0v) is 13.1. The molecule has 3 rings (SSSR count). The second-order valence-electron chi connectivity index (χ2n) is 5.51. The van der Waals surface area contributed by atoms with Crippen LogP contribution in [0.2, 0.25) is 0 Å². The minimum Gasteiger partial charge on any atom is -0.407 e. The molecule has 0 aliphatic rings. The molecule has 0 radical (unpaired) electrons. The van der Waals surface area contributed by atoms with Gasteiger partial charge in [0.05, 0.1) is 12.8 Å². The summed E-state index contributed by atoms with van der Waals surface area (Å²) in [6, 6.07) is 13.8. The van der Waals surface area contributed by atoms with Gasteiger partial charge in [-0.1, -0.05) is 47.1 Å². The van der Waals surface area contributed by atoms with Crippen molar-refractivity contribution in [3.63, 3.8) is 0 Å². The van der Waals surface area contributed by atoms with Crippen molar-refractivity contribution in [3.05, 3.63) is 76.9 Å². The monoisotopic (exact) mass is 325 g/mol. The molecule has 3 aromatic rings. The average molecular weight is 325 g/mol. The fourth-order valence-electron chi connectivity index (χ4n) is 2.21. The van der Waals surface area contributed by atoms with E-state index in [4.69, 9.17) is 4.42 Å². The summed E-state index contributed by atoms with van der Waals surface area (Å²) in [5.41, 5.74) is 2.89. The molecule has 0 aliphatic heterocycles. The number of nitrogens with one attached hydrogen (secondary N) is 1. The van der Waals surface area contributed by atoms with Crippen molar-refractivity contribution >= 4 is 11.9 Å². The van der Waals surface area contributed by atoms with Gasteiger partial charge in [-0.25, -0.2) is 4.39 Å². The highest BCUT2D eigenvalue weighted by Crippen LogP contribution is 2.12. The molecule has 1 N–H and O–H groups in total. The van der Waals surface area contributed by atoms with Crippen LogP contribution in [0.5, 0.6) is 0 Å². The average Bonchev–Trinajstić information content (AvgIpc) is 2.99. The molecule has 0 spiro atoms. The summed E-state index contributed by atoms with van der Waals surface area (Å²) in [7, 11) is 0. The zero-order valence-electron chi connectivity index (χ0n) is 13.1. The number of halogens is 1. The molecule has 0 fully saturated rings. The third-order valence-corrected chi connectivity index (χ3v) is 3.47. The molecule has 0 bridgehead atoms. The molecule has 2 aromatic carbocycles. The quantitative estimate of drug-likeness (QED) is 0.781. The maximum Gasteiger partial charge on any atom is 0.322 e. The van der Waals surface area contributed by atoms with Gasteiger partial charge < -0.3 is 4.42 Å². The summed E-state index contributed by atoms with van der Waals surface area (Å²) in [6.07, 6.45) is 0.608. The fraction of sp³-hybridized carbons (Fsp3) is 0.167. The van der Waals surface area contributed by atoms with Gasteiger partial charge in [-0.05, 0) is 30.2 Å². The molecule has 0 unspecified atom stereocenters. The minimum absolute atomic E-state index is 0.0595. The Bertz CT molecular complexity index is 826. The van der Waals surface area contributed by atoms with Gasteiger partial charge >= 0.3 is 6.01 Å². The summed E-state index contributed by atoms with van der Waals surface area (Å²) in [4.78, 5) is 12.0. The Hall–Kier alpha value is -3.02. The maximum absolute atomic E-state index is 12.9. The molecule has 5 nitrogen and oxygen atoms in total. The zero-order chi connectivity index (χ0) is 16.9. The van der Waals surface area contributed by atoms with E-state index in [1.54, 1.807) is 12.1 Å². The number of rotatable bonds is 5. The van der Waals surface area contributed by atoms with Crippen LogP contribution in [0.3, 0.4) is 0 Å². The number of carbonyl (C=O) groups is 1. The smallest absolute Gasteiger partial charge is 0.322 e. The number of hydrogen-bond acceptors (Lipinski definition) is 4.